The lowest BCUT2D eigenvalue weighted by Crippen LogP contribution is -2.12. The van der Waals surface area contributed by atoms with Gasteiger partial charge in [0.1, 0.15) is 17.1 Å². The summed E-state index contributed by atoms with van der Waals surface area (Å²) in [6.07, 6.45) is -0.676. The molecule has 0 aliphatic carbocycles. The number of aryl methyl sites for hydroxylation is 1. The van der Waals surface area contributed by atoms with E-state index in [9.17, 15) is 13.2 Å². The fourth-order valence-corrected chi connectivity index (χ4v) is 3.07. The van der Waals surface area contributed by atoms with Crippen LogP contribution in [0.4, 0.5) is 36.3 Å². The van der Waals surface area contributed by atoms with Crippen LogP contribution in [0.3, 0.4) is 0 Å². The van der Waals surface area contributed by atoms with E-state index in [1.54, 1.807) is 24.3 Å². The van der Waals surface area contributed by atoms with E-state index in [-0.39, 0.29) is 17.9 Å². The highest BCUT2D eigenvalue weighted by Gasteiger charge is 2.35. The molecule has 2 aromatic carbocycles. The summed E-state index contributed by atoms with van der Waals surface area (Å²) in [6, 6.07) is 14.4. The van der Waals surface area contributed by atoms with Crippen molar-refractivity contribution < 1.29 is 17.9 Å². The Morgan fingerprint density at radius 1 is 1.00 bits per heavy atom. The van der Waals surface area contributed by atoms with Crippen LogP contribution in [0.5, 0.6) is 5.75 Å². The maximum atomic E-state index is 13.5. The molecule has 0 spiro atoms. The minimum absolute atomic E-state index is 0.0563. The van der Waals surface area contributed by atoms with E-state index < -0.39 is 11.7 Å². The van der Waals surface area contributed by atoms with Gasteiger partial charge in [-0.25, -0.2) is 4.98 Å². The van der Waals surface area contributed by atoms with Crippen LogP contribution in [0.2, 0.25) is 0 Å². The summed E-state index contributed by atoms with van der Waals surface area (Å²) in [7, 11) is 0. The number of hydrogen-bond acceptors (Lipinski definition) is 5. The summed E-state index contributed by atoms with van der Waals surface area (Å²) in [6.45, 7) is 5.89. The molecule has 3 aromatic rings. The first-order chi connectivity index (χ1) is 15.2. The highest BCUT2D eigenvalue weighted by molar-refractivity contribution is 5.64. The predicted molar refractivity (Wildman–Crippen MR) is 121 cm³/mol. The smallest absolute Gasteiger partial charge is 0.421 e. The van der Waals surface area contributed by atoms with Crippen molar-refractivity contribution in [3.8, 4) is 5.75 Å². The normalized spacial score (nSPS) is 11.5. The number of nitrogens with zero attached hydrogens (tertiary/aromatic N) is 2. The lowest BCUT2D eigenvalue weighted by molar-refractivity contribution is -0.137. The number of rotatable bonds is 9. The molecule has 0 amide bonds. The molecule has 0 bridgehead atoms. The second-order valence-corrected chi connectivity index (χ2v) is 7.70. The number of aromatic nitrogens is 2. The van der Waals surface area contributed by atoms with Crippen molar-refractivity contribution >= 4 is 23.1 Å². The van der Waals surface area contributed by atoms with Gasteiger partial charge in [-0.2, -0.15) is 18.2 Å². The zero-order valence-corrected chi connectivity index (χ0v) is 18.3. The van der Waals surface area contributed by atoms with Crippen LogP contribution in [-0.4, -0.2) is 16.1 Å². The molecule has 170 valence electrons. The average Bonchev–Trinajstić information content (AvgIpc) is 2.72. The zero-order valence-electron chi connectivity index (χ0n) is 18.3. The van der Waals surface area contributed by atoms with Crippen molar-refractivity contribution in [1.29, 1.82) is 0 Å². The highest BCUT2D eigenvalue weighted by Crippen LogP contribution is 2.35. The fourth-order valence-electron chi connectivity index (χ4n) is 3.07. The van der Waals surface area contributed by atoms with Crippen molar-refractivity contribution in [2.24, 2.45) is 0 Å². The van der Waals surface area contributed by atoms with Gasteiger partial charge >= 0.3 is 6.18 Å². The van der Waals surface area contributed by atoms with E-state index in [4.69, 9.17) is 4.74 Å². The molecule has 32 heavy (non-hydrogen) atoms. The van der Waals surface area contributed by atoms with Crippen molar-refractivity contribution in [3.63, 3.8) is 0 Å². The van der Waals surface area contributed by atoms with Gasteiger partial charge in [0.2, 0.25) is 5.95 Å². The van der Waals surface area contributed by atoms with E-state index in [1.165, 1.54) is 5.56 Å². The van der Waals surface area contributed by atoms with Crippen LogP contribution in [-0.2, 0) is 12.6 Å². The van der Waals surface area contributed by atoms with Gasteiger partial charge in [-0.15, -0.1) is 0 Å². The van der Waals surface area contributed by atoms with Gasteiger partial charge < -0.3 is 15.4 Å². The predicted octanol–water partition coefficient (Wildman–Crippen LogP) is 7.11. The molecule has 0 atom stereocenters. The third-order valence-electron chi connectivity index (χ3n) is 4.59. The third-order valence-corrected chi connectivity index (χ3v) is 4.59. The van der Waals surface area contributed by atoms with Gasteiger partial charge in [-0.05, 0) is 56.5 Å². The Hall–Kier alpha value is -3.29. The van der Waals surface area contributed by atoms with E-state index in [0.717, 1.165) is 25.5 Å². The summed E-state index contributed by atoms with van der Waals surface area (Å²) in [5.41, 5.74) is 1.38. The molecule has 0 aliphatic rings. The van der Waals surface area contributed by atoms with Crippen LogP contribution < -0.4 is 15.4 Å². The molecule has 0 unspecified atom stereocenters. The second kappa shape index (κ2) is 10.3. The summed E-state index contributed by atoms with van der Waals surface area (Å²) in [4.78, 5) is 7.96. The molecule has 1 heterocycles. The van der Waals surface area contributed by atoms with Crippen LogP contribution >= 0.6 is 0 Å². The molecule has 1 aromatic heterocycles. The number of ether oxygens (including phenoxy) is 1. The summed E-state index contributed by atoms with van der Waals surface area (Å²) < 4.78 is 46.2. The van der Waals surface area contributed by atoms with Crippen LogP contribution in [0.25, 0.3) is 0 Å². The Labute approximate surface area is 186 Å². The molecule has 3 rings (SSSR count). The SMILES string of the molecule is CCCCc1ccc(Nc2ncc(C(F)(F)F)c(Nc3cccc(OC(C)C)c3)n2)cc1. The number of unbranched alkanes of at least 4 members (excludes halogenated alkanes) is 1. The van der Waals surface area contributed by atoms with Gasteiger partial charge in [0, 0.05) is 23.6 Å². The van der Waals surface area contributed by atoms with Crippen LogP contribution in [0, 0.1) is 0 Å². The summed E-state index contributed by atoms with van der Waals surface area (Å²) >= 11 is 0. The first-order valence-electron chi connectivity index (χ1n) is 10.6. The van der Waals surface area contributed by atoms with E-state index in [2.05, 4.69) is 27.5 Å². The van der Waals surface area contributed by atoms with Gasteiger partial charge in [0.15, 0.2) is 0 Å². The highest BCUT2D eigenvalue weighted by atomic mass is 19.4. The first kappa shape index (κ1) is 23.4. The standard InChI is InChI=1S/C24H27F3N4O/c1-4-5-7-17-10-12-18(13-11-17)30-23-28-15-21(24(25,26)27)22(31-23)29-19-8-6-9-20(14-19)32-16(2)3/h6,8-16H,4-5,7H2,1-3H3,(H2,28,29,30,31). The molecular weight excluding hydrogens is 417 g/mol. The molecule has 0 fully saturated rings. The largest absolute Gasteiger partial charge is 0.491 e. The quantitative estimate of drug-likeness (QED) is 0.368. The second-order valence-electron chi connectivity index (χ2n) is 7.70. The van der Waals surface area contributed by atoms with Gasteiger partial charge in [-0.1, -0.05) is 31.5 Å². The van der Waals surface area contributed by atoms with Gasteiger partial charge in [0.25, 0.3) is 0 Å². The number of nitrogens with one attached hydrogen (secondary N) is 2. The summed E-state index contributed by atoms with van der Waals surface area (Å²) in [5, 5.41) is 5.74. The Kier molecular flexibility index (Phi) is 7.56. The van der Waals surface area contributed by atoms with E-state index in [1.807, 2.05) is 38.1 Å². The van der Waals surface area contributed by atoms with Crippen molar-refractivity contribution in [1.82, 2.24) is 9.97 Å². The minimum Gasteiger partial charge on any atom is -0.491 e. The fraction of sp³-hybridized carbons (Fsp3) is 0.333. The summed E-state index contributed by atoms with van der Waals surface area (Å²) in [5.74, 6) is 0.279. The van der Waals surface area contributed by atoms with Crippen LogP contribution in [0.1, 0.15) is 44.7 Å². The van der Waals surface area contributed by atoms with Crippen molar-refractivity contribution in [2.75, 3.05) is 10.6 Å². The topological polar surface area (TPSA) is 59.1 Å². The lowest BCUT2D eigenvalue weighted by atomic mass is 10.1. The Morgan fingerprint density at radius 3 is 2.41 bits per heavy atom. The Balaban J connectivity index is 1.84. The molecular formula is C24H27F3N4O. The number of alkyl halides is 3. The third kappa shape index (κ3) is 6.60. The van der Waals surface area contributed by atoms with Gasteiger partial charge in [-0.3, -0.25) is 0 Å². The van der Waals surface area contributed by atoms with Crippen LogP contribution in [0.15, 0.2) is 54.7 Å². The first-order valence-corrected chi connectivity index (χ1v) is 10.6. The molecule has 0 radical (unpaired) electrons. The number of anilines is 4. The monoisotopic (exact) mass is 444 g/mol. The minimum atomic E-state index is -4.60. The molecule has 0 saturated heterocycles. The Bertz CT molecular complexity index is 1020. The number of hydrogen-bond donors (Lipinski definition) is 2. The lowest BCUT2D eigenvalue weighted by Gasteiger charge is -2.16. The van der Waals surface area contributed by atoms with Crippen molar-refractivity contribution in [2.45, 2.75) is 52.3 Å². The zero-order chi connectivity index (χ0) is 23.1. The van der Waals surface area contributed by atoms with Crippen molar-refractivity contribution in [3.05, 3.63) is 65.9 Å². The van der Waals surface area contributed by atoms with E-state index >= 15 is 0 Å². The molecule has 2 N–H and O–H groups in total. The Morgan fingerprint density at radius 2 is 1.75 bits per heavy atom. The molecule has 5 nitrogen and oxygen atoms in total. The average molecular weight is 445 g/mol. The number of benzene rings is 2. The van der Waals surface area contributed by atoms with E-state index in [0.29, 0.717) is 17.1 Å². The maximum absolute atomic E-state index is 13.5. The maximum Gasteiger partial charge on any atom is 0.421 e. The number of halogens is 3. The molecule has 0 saturated carbocycles. The molecule has 0 aliphatic heterocycles. The molecule has 8 heteroatoms. The van der Waals surface area contributed by atoms with Gasteiger partial charge in [0.05, 0.1) is 6.10 Å².